The number of nitrogens with one attached hydrogen (secondary N) is 2. The maximum Gasteiger partial charge on any atom is 0.251 e. The fourth-order valence-corrected chi connectivity index (χ4v) is 4.15. The Bertz CT molecular complexity index is 1200. The van der Waals surface area contributed by atoms with Crippen molar-refractivity contribution in [3.63, 3.8) is 0 Å². The highest BCUT2D eigenvalue weighted by Gasteiger charge is 2.28. The molecule has 0 aliphatic heterocycles. The number of hydrogen-bond donors (Lipinski definition) is 2. The third-order valence-electron chi connectivity index (χ3n) is 4.63. The Morgan fingerprint density at radius 3 is 2.58 bits per heavy atom. The van der Waals surface area contributed by atoms with Crippen LogP contribution >= 0.6 is 0 Å². The summed E-state index contributed by atoms with van der Waals surface area (Å²) >= 11 is 0. The van der Waals surface area contributed by atoms with E-state index in [4.69, 9.17) is 4.74 Å². The molecule has 1 heterocycles. The van der Waals surface area contributed by atoms with Crippen molar-refractivity contribution < 1.29 is 22.3 Å². The minimum atomic E-state index is -3.57. The second-order valence-corrected chi connectivity index (χ2v) is 8.84. The molecule has 4 rings (SSSR count). The van der Waals surface area contributed by atoms with Gasteiger partial charge in [-0.25, -0.2) is 22.5 Å². The molecular formula is C22H20FN3O4S. The van der Waals surface area contributed by atoms with E-state index in [-0.39, 0.29) is 29.3 Å². The van der Waals surface area contributed by atoms with E-state index in [2.05, 4.69) is 15.0 Å². The van der Waals surface area contributed by atoms with Gasteiger partial charge in [-0.1, -0.05) is 12.1 Å². The van der Waals surface area contributed by atoms with Crippen LogP contribution in [0.5, 0.6) is 11.6 Å². The number of rotatable bonds is 8. The van der Waals surface area contributed by atoms with E-state index in [9.17, 15) is 17.6 Å². The molecule has 0 radical (unpaired) electrons. The maximum absolute atomic E-state index is 13.4. The lowest BCUT2D eigenvalue weighted by Crippen LogP contribution is -2.26. The van der Waals surface area contributed by atoms with E-state index < -0.39 is 15.8 Å². The summed E-state index contributed by atoms with van der Waals surface area (Å²) in [5.74, 6) is -0.260. The molecule has 3 aromatic rings. The number of sulfonamides is 1. The van der Waals surface area contributed by atoms with Crippen molar-refractivity contribution in [2.45, 2.75) is 30.3 Å². The topological polar surface area (TPSA) is 97.4 Å². The Labute approximate surface area is 179 Å². The highest BCUT2D eigenvalue weighted by Crippen LogP contribution is 2.24. The Morgan fingerprint density at radius 2 is 1.87 bits per heavy atom. The summed E-state index contributed by atoms with van der Waals surface area (Å²) < 4.78 is 46.1. The molecule has 2 N–H and O–H groups in total. The van der Waals surface area contributed by atoms with Gasteiger partial charge < -0.3 is 10.1 Å². The van der Waals surface area contributed by atoms with Gasteiger partial charge in [-0.15, -0.1) is 0 Å². The Balaban J connectivity index is 1.41. The van der Waals surface area contributed by atoms with Gasteiger partial charge in [0.25, 0.3) is 5.91 Å². The number of carbonyl (C=O) groups excluding carboxylic acids is 1. The molecule has 1 aromatic heterocycles. The molecule has 160 valence electrons. The number of aromatic nitrogens is 1. The number of benzene rings is 2. The summed E-state index contributed by atoms with van der Waals surface area (Å²) in [6.45, 7) is 0.126. The summed E-state index contributed by atoms with van der Waals surface area (Å²) in [6.07, 6.45) is 3.23. The molecule has 9 heteroatoms. The summed E-state index contributed by atoms with van der Waals surface area (Å²) in [7, 11) is -3.57. The van der Waals surface area contributed by atoms with Crippen LogP contribution in [0.2, 0.25) is 0 Å². The molecule has 0 bridgehead atoms. The van der Waals surface area contributed by atoms with Gasteiger partial charge in [-0.2, -0.15) is 0 Å². The monoisotopic (exact) mass is 441 g/mol. The molecular weight excluding hydrogens is 421 g/mol. The van der Waals surface area contributed by atoms with E-state index >= 15 is 0 Å². The van der Waals surface area contributed by atoms with Gasteiger partial charge in [-0.3, -0.25) is 4.79 Å². The predicted octanol–water partition coefficient (Wildman–Crippen LogP) is 3.38. The number of hydrogen-bond acceptors (Lipinski definition) is 5. The number of amides is 1. The Morgan fingerprint density at radius 1 is 1.10 bits per heavy atom. The van der Waals surface area contributed by atoms with Gasteiger partial charge in [0.2, 0.25) is 15.9 Å². The van der Waals surface area contributed by atoms with Crippen molar-refractivity contribution in [2.24, 2.45) is 0 Å². The van der Waals surface area contributed by atoms with Gasteiger partial charge in [0, 0.05) is 36.0 Å². The molecule has 1 fully saturated rings. The summed E-state index contributed by atoms with van der Waals surface area (Å²) in [6, 6.07) is 14.9. The zero-order valence-electron chi connectivity index (χ0n) is 16.4. The fourth-order valence-electron chi connectivity index (χ4n) is 2.84. The van der Waals surface area contributed by atoms with E-state index in [0.717, 1.165) is 12.8 Å². The zero-order valence-corrected chi connectivity index (χ0v) is 17.2. The summed E-state index contributed by atoms with van der Waals surface area (Å²) in [5.41, 5.74) is 0.926. The Hall–Kier alpha value is -3.30. The van der Waals surface area contributed by atoms with Crippen LogP contribution < -0.4 is 14.8 Å². The minimum Gasteiger partial charge on any atom is -0.439 e. The first-order valence-electron chi connectivity index (χ1n) is 9.69. The highest BCUT2D eigenvalue weighted by molar-refractivity contribution is 7.89. The number of halogens is 1. The van der Waals surface area contributed by atoms with E-state index in [0.29, 0.717) is 16.9 Å². The van der Waals surface area contributed by atoms with E-state index in [1.165, 1.54) is 48.7 Å². The molecule has 7 nitrogen and oxygen atoms in total. The molecule has 0 atom stereocenters. The van der Waals surface area contributed by atoms with Gasteiger partial charge in [0.1, 0.15) is 11.6 Å². The van der Waals surface area contributed by atoms with E-state index in [1.807, 2.05) is 0 Å². The van der Waals surface area contributed by atoms with Crippen LogP contribution in [0.1, 0.15) is 28.8 Å². The molecule has 31 heavy (non-hydrogen) atoms. The van der Waals surface area contributed by atoms with Gasteiger partial charge in [0.05, 0.1) is 4.90 Å². The molecule has 2 aromatic carbocycles. The van der Waals surface area contributed by atoms with Crippen molar-refractivity contribution >= 4 is 15.9 Å². The van der Waals surface area contributed by atoms with Crippen molar-refractivity contribution in [2.75, 3.05) is 0 Å². The number of nitrogens with zero attached hydrogens (tertiary/aromatic N) is 1. The molecule has 1 aliphatic rings. The van der Waals surface area contributed by atoms with Crippen LogP contribution in [0.4, 0.5) is 4.39 Å². The molecule has 0 saturated heterocycles. The van der Waals surface area contributed by atoms with Gasteiger partial charge >= 0.3 is 0 Å². The second kappa shape index (κ2) is 8.83. The first-order valence-corrected chi connectivity index (χ1v) is 11.2. The van der Waals surface area contributed by atoms with Crippen LogP contribution in [0.25, 0.3) is 0 Å². The third kappa shape index (κ3) is 5.44. The highest BCUT2D eigenvalue weighted by atomic mass is 32.2. The summed E-state index contributed by atoms with van der Waals surface area (Å²) in [4.78, 5) is 16.8. The second-order valence-electron chi connectivity index (χ2n) is 7.13. The molecule has 1 amide bonds. The SMILES string of the molecule is O=C(NCc1cccnc1Oc1cccc(F)c1)c1ccc(S(=O)(=O)NC2CC2)cc1. The van der Waals surface area contributed by atoms with Crippen molar-refractivity contribution in [3.8, 4) is 11.6 Å². The lowest BCUT2D eigenvalue weighted by Gasteiger charge is -2.11. The lowest BCUT2D eigenvalue weighted by atomic mass is 10.2. The minimum absolute atomic E-state index is 0.0104. The normalized spacial score (nSPS) is 13.6. The molecule has 1 saturated carbocycles. The van der Waals surface area contributed by atoms with Crippen LogP contribution in [-0.2, 0) is 16.6 Å². The van der Waals surface area contributed by atoms with Gasteiger partial charge in [-0.05, 0) is 55.3 Å². The lowest BCUT2D eigenvalue weighted by molar-refractivity contribution is 0.0950. The zero-order chi connectivity index (χ0) is 21.8. The standard InChI is InChI=1S/C22H20FN3O4S/c23-17-4-1-5-19(13-17)30-22-16(3-2-12-24-22)14-25-21(27)15-6-10-20(11-7-15)31(28,29)26-18-8-9-18/h1-7,10-13,18,26H,8-9,14H2,(H,25,27). The first kappa shape index (κ1) is 21.0. The van der Waals surface area contributed by atoms with Crippen molar-refractivity contribution in [3.05, 3.63) is 83.8 Å². The van der Waals surface area contributed by atoms with Crippen LogP contribution in [0.15, 0.2) is 71.8 Å². The number of ether oxygens (including phenoxy) is 1. The van der Waals surface area contributed by atoms with Crippen molar-refractivity contribution in [1.29, 1.82) is 0 Å². The average Bonchev–Trinajstić information content (AvgIpc) is 3.56. The summed E-state index contributed by atoms with van der Waals surface area (Å²) in [5, 5.41) is 2.76. The predicted molar refractivity (Wildman–Crippen MR) is 112 cm³/mol. The average molecular weight is 441 g/mol. The van der Waals surface area contributed by atoms with Crippen LogP contribution in [0, 0.1) is 5.82 Å². The first-order chi connectivity index (χ1) is 14.9. The molecule has 0 unspecified atom stereocenters. The largest absolute Gasteiger partial charge is 0.439 e. The fraction of sp³-hybridized carbons (Fsp3) is 0.182. The molecule has 0 spiro atoms. The van der Waals surface area contributed by atoms with Crippen molar-refractivity contribution in [1.82, 2.24) is 15.0 Å². The number of carbonyl (C=O) groups is 1. The number of pyridine rings is 1. The van der Waals surface area contributed by atoms with Gasteiger partial charge in [0.15, 0.2) is 0 Å². The third-order valence-corrected chi connectivity index (χ3v) is 6.16. The quantitative estimate of drug-likeness (QED) is 0.559. The van der Waals surface area contributed by atoms with Crippen LogP contribution in [0.3, 0.4) is 0 Å². The molecule has 1 aliphatic carbocycles. The van der Waals surface area contributed by atoms with E-state index in [1.54, 1.807) is 18.2 Å². The maximum atomic E-state index is 13.4. The van der Waals surface area contributed by atoms with Crippen LogP contribution in [-0.4, -0.2) is 25.4 Å². The smallest absolute Gasteiger partial charge is 0.251 e. The Kier molecular flexibility index (Phi) is 5.97.